The van der Waals surface area contributed by atoms with Gasteiger partial charge in [0, 0.05) is 10.6 Å². The number of rotatable bonds is 5. The molecule has 0 saturated heterocycles. The summed E-state index contributed by atoms with van der Waals surface area (Å²) >= 11 is 1.32. The monoisotopic (exact) mass is 370 g/mol. The van der Waals surface area contributed by atoms with Gasteiger partial charge in [-0.15, -0.1) is 11.8 Å². The Hall–Kier alpha value is -2.80. The second-order valence-corrected chi connectivity index (χ2v) is 7.06. The molecule has 0 saturated carbocycles. The third-order valence-corrected chi connectivity index (χ3v) is 5.12. The lowest BCUT2D eigenvalue weighted by molar-refractivity contribution is -0.147. The van der Waals surface area contributed by atoms with Gasteiger partial charge in [-0.25, -0.2) is 0 Å². The highest BCUT2D eigenvalue weighted by molar-refractivity contribution is 8.01. The number of aryl methyl sites for hydroxylation is 1. The molecule has 2 N–H and O–H groups in total. The summed E-state index contributed by atoms with van der Waals surface area (Å²) in [6, 6.07) is 14.7. The number of hydrogen-bond donors (Lipinski definition) is 2. The van der Waals surface area contributed by atoms with Crippen LogP contribution >= 0.6 is 11.8 Å². The summed E-state index contributed by atoms with van der Waals surface area (Å²) in [4.78, 5) is 36.9. The third kappa shape index (κ3) is 4.43. The van der Waals surface area contributed by atoms with Gasteiger partial charge in [-0.2, -0.15) is 0 Å². The van der Waals surface area contributed by atoms with Crippen molar-refractivity contribution in [3.8, 4) is 0 Å². The first-order valence-corrected chi connectivity index (χ1v) is 8.98. The SMILES string of the molecule is Cc1ccccc1NC(=O)COC(=O)C[C@@H]1Sc2ccccc2NC1=O. The highest BCUT2D eigenvalue weighted by Crippen LogP contribution is 2.36. The predicted octanol–water partition coefficient (Wildman–Crippen LogP) is 2.98. The van der Waals surface area contributed by atoms with Crippen molar-refractivity contribution in [1.82, 2.24) is 0 Å². The highest BCUT2D eigenvalue weighted by atomic mass is 32.2. The number of hydrogen-bond acceptors (Lipinski definition) is 5. The van der Waals surface area contributed by atoms with Gasteiger partial charge in [-0.1, -0.05) is 30.3 Å². The zero-order valence-electron chi connectivity index (χ0n) is 14.2. The van der Waals surface area contributed by atoms with Crippen LogP contribution in [0, 0.1) is 6.92 Å². The van der Waals surface area contributed by atoms with E-state index in [2.05, 4.69) is 10.6 Å². The van der Waals surface area contributed by atoms with Crippen molar-refractivity contribution in [3.63, 3.8) is 0 Å². The van der Waals surface area contributed by atoms with Gasteiger partial charge in [-0.05, 0) is 30.7 Å². The molecule has 1 heterocycles. The molecule has 6 nitrogen and oxygen atoms in total. The minimum absolute atomic E-state index is 0.0948. The van der Waals surface area contributed by atoms with Crippen LogP contribution in [0.4, 0.5) is 11.4 Å². The van der Waals surface area contributed by atoms with Gasteiger partial charge in [0.15, 0.2) is 6.61 Å². The van der Waals surface area contributed by atoms with Gasteiger partial charge < -0.3 is 15.4 Å². The Kier molecular flexibility index (Phi) is 5.58. The molecule has 134 valence electrons. The van der Waals surface area contributed by atoms with E-state index in [4.69, 9.17) is 4.74 Å². The summed E-state index contributed by atoms with van der Waals surface area (Å²) in [6.45, 7) is 1.49. The molecule has 3 rings (SSSR count). The minimum Gasteiger partial charge on any atom is -0.456 e. The Morgan fingerprint density at radius 2 is 1.88 bits per heavy atom. The number of thioether (sulfide) groups is 1. The Morgan fingerprint density at radius 1 is 1.15 bits per heavy atom. The maximum Gasteiger partial charge on any atom is 0.307 e. The molecule has 1 atom stereocenters. The number of carbonyl (C=O) groups excluding carboxylic acids is 3. The van der Waals surface area contributed by atoms with Crippen molar-refractivity contribution < 1.29 is 19.1 Å². The smallest absolute Gasteiger partial charge is 0.307 e. The van der Waals surface area contributed by atoms with E-state index < -0.39 is 17.1 Å². The minimum atomic E-state index is -0.586. The zero-order chi connectivity index (χ0) is 18.5. The van der Waals surface area contributed by atoms with Crippen LogP contribution < -0.4 is 10.6 Å². The fourth-order valence-electron chi connectivity index (χ4n) is 2.48. The second kappa shape index (κ2) is 8.05. The first kappa shape index (κ1) is 18.0. The van der Waals surface area contributed by atoms with E-state index in [0.29, 0.717) is 5.69 Å². The number of amides is 2. The summed E-state index contributed by atoms with van der Waals surface area (Å²) < 4.78 is 5.01. The first-order chi connectivity index (χ1) is 12.5. The summed E-state index contributed by atoms with van der Waals surface area (Å²) in [5, 5.41) is 4.89. The quantitative estimate of drug-likeness (QED) is 0.791. The van der Waals surface area contributed by atoms with Gasteiger partial charge in [0.2, 0.25) is 5.91 Å². The summed E-state index contributed by atoms with van der Waals surface area (Å²) in [7, 11) is 0. The van der Waals surface area contributed by atoms with Crippen molar-refractivity contribution in [2.45, 2.75) is 23.5 Å². The van der Waals surface area contributed by atoms with Crippen molar-refractivity contribution >= 4 is 40.9 Å². The van der Waals surface area contributed by atoms with Crippen molar-refractivity contribution in [1.29, 1.82) is 0 Å². The number of carbonyl (C=O) groups is 3. The number of anilines is 2. The Labute approximate surface area is 155 Å². The molecule has 0 spiro atoms. The number of nitrogens with one attached hydrogen (secondary N) is 2. The van der Waals surface area contributed by atoms with Gasteiger partial charge in [0.1, 0.15) is 0 Å². The third-order valence-electron chi connectivity index (χ3n) is 3.84. The van der Waals surface area contributed by atoms with Crippen molar-refractivity contribution in [2.75, 3.05) is 17.2 Å². The van der Waals surface area contributed by atoms with E-state index in [1.54, 1.807) is 6.07 Å². The number of para-hydroxylation sites is 2. The molecule has 0 radical (unpaired) electrons. The summed E-state index contributed by atoms with van der Waals surface area (Å²) in [5.41, 5.74) is 2.33. The molecule has 1 aliphatic heterocycles. The normalized spacial score (nSPS) is 15.6. The van der Waals surface area contributed by atoms with Crippen molar-refractivity contribution in [2.24, 2.45) is 0 Å². The summed E-state index contributed by atoms with van der Waals surface area (Å²) in [6.07, 6.45) is -0.0948. The standard InChI is InChI=1S/C19H18N2O4S/c1-12-6-2-3-7-13(12)20-17(22)11-25-18(23)10-16-19(24)21-14-8-4-5-9-15(14)26-16/h2-9,16H,10-11H2,1H3,(H,20,22)(H,21,24)/t16-/m0/s1. The van der Waals surface area contributed by atoms with Crippen LogP contribution in [0.1, 0.15) is 12.0 Å². The first-order valence-electron chi connectivity index (χ1n) is 8.10. The van der Waals surface area contributed by atoms with E-state index in [1.807, 2.05) is 49.4 Å². The average molecular weight is 370 g/mol. The molecule has 0 fully saturated rings. The number of ether oxygens (including phenoxy) is 1. The molecule has 26 heavy (non-hydrogen) atoms. The van der Waals surface area contributed by atoms with Gasteiger partial charge >= 0.3 is 5.97 Å². The van der Waals surface area contributed by atoms with E-state index in [0.717, 1.165) is 16.1 Å². The lowest BCUT2D eigenvalue weighted by Crippen LogP contribution is -2.32. The van der Waals surface area contributed by atoms with E-state index >= 15 is 0 Å². The Balaban J connectivity index is 1.49. The van der Waals surface area contributed by atoms with Crippen LogP contribution in [0.2, 0.25) is 0 Å². The Morgan fingerprint density at radius 3 is 2.69 bits per heavy atom. The largest absolute Gasteiger partial charge is 0.456 e. The molecule has 1 aliphatic rings. The topological polar surface area (TPSA) is 84.5 Å². The zero-order valence-corrected chi connectivity index (χ0v) is 15.0. The van der Waals surface area contributed by atoms with E-state index in [9.17, 15) is 14.4 Å². The van der Waals surface area contributed by atoms with Crippen LogP contribution in [0.25, 0.3) is 0 Å². The van der Waals surface area contributed by atoms with Crippen LogP contribution in [-0.2, 0) is 19.1 Å². The lowest BCUT2D eigenvalue weighted by atomic mass is 10.2. The molecule has 2 amide bonds. The van der Waals surface area contributed by atoms with Crippen LogP contribution in [-0.4, -0.2) is 29.6 Å². The van der Waals surface area contributed by atoms with Crippen LogP contribution in [0.5, 0.6) is 0 Å². The fourth-order valence-corrected chi connectivity index (χ4v) is 3.58. The van der Waals surface area contributed by atoms with Crippen molar-refractivity contribution in [3.05, 3.63) is 54.1 Å². The molecule has 0 aliphatic carbocycles. The van der Waals surface area contributed by atoms with E-state index in [1.165, 1.54) is 11.8 Å². The number of esters is 1. The van der Waals surface area contributed by atoms with E-state index in [-0.39, 0.29) is 18.9 Å². The van der Waals surface area contributed by atoms with Crippen LogP contribution in [0.3, 0.4) is 0 Å². The fraction of sp³-hybridized carbons (Fsp3) is 0.211. The van der Waals surface area contributed by atoms with Gasteiger partial charge in [-0.3, -0.25) is 14.4 Å². The molecule has 0 unspecified atom stereocenters. The maximum atomic E-state index is 12.1. The molecule has 0 bridgehead atoms. The molecule has 2 aromatic carbocycles. The molecular weight excluding hydrogens is 352 g/mol. The van der Waals surface area contributed by atoms with Gasteiger partial charge in [0.25, 0.3) is 5.91 Å². The molecule has 0 aromatic heterocycles. The maximum absolute atomic E-state index is 12.1. The van der Waals surface area contributed by atoms with Crippen LogP contribution in [0.15, 0.2) is 53.4 Å². The summed E-state index contributed by atoms with van der Waals surface area (Å²) in [5.74, 6) is -1.24. The number of fused-ring (bicyclic) bond motifs is 1. The lowest BCUT2D eigenvalue weighted by Gasteiger charge is -2.23. The Bertz CT molecular complexity index is 853. The molecule has 7 heteroatoms. The number of benzene rings is 2. The second-order valence-electron chi connectivity index (χ2n) is 5.82. The average Bonchev–Trinajstić information content (AvgIpc) is 2.62. The highest BCUT2D eigenvalue weighted by Gasteiger charge is 2.29. The molecule has 2 aromatic rings. The molecular formula is C19H18N2O4S. The van der Waals surface area contributed by atoms with Gasteiger partial charge in [0.05, 0.1) is 17.4 Å². The predicted molar refractivity (Wildman–Crippen MR) is 100 cm³/mol.